The highest BCUT2D eigenvalue weighted by atomic mass is 35.5. The molecule has 0 aliphatic carbocycles. The zero-order valence-electron chi connectivity index (χ0n) is 11.8. The molecule has 0 saturated carbocycles. The van der Waals surface area contributed by atoms with Crippen molar-refractivity contribution in [3.63, 3.8) is 0 Å². The fourth-order valence-electron chi connectivity index (χ4n) is 1.77. The Labute approximate surface area is 153 Å². The Balaban J connectivity index is 2.09. The number of phenols is 1. The van der Waals surface area contributed by atoms with Crippen LogP contribution in [0, 0.1) is 6.92 Å². The molecule has 0 aliphatic heterocycles. The summed E-state index contributed by atoms with van der Waals surface area (Å²) in [4.78, 5) is 12.2. The van der Waals surface area contributed by atoms with Crippen LogP contribution in [0.2, 0.25) is 15.1 Å². The average molecular weight is 390 g/mol. The summed E-state index contributed by atoms with van der Waals surface area (Å²) in [7, 11) is 0. The minimum atomic E-state index is -0.441. The minimum Gasteiger partial charge on any atom is -0.505 e. The molecule has 4 nitrogen and oxygen atoms in total. The molecule has 120 valence electrons. The molecule has 0 unspecified atom stereocenters. The molecule has 0 heterocycles. The minimum absolute atomic E-state index is 0.0458. The number of carbonyl (C=O) groups is 1. The lowest BCUT2D eigenvalue weighted by molar-refractivity contribution is 0.0978. The molecule has 8 heteroatoms. The maximum absolute atomic E-state index is 12.2. The highest BCUT2D eigenvalue weighted by Crippen LogP contribution is 2.34. The van der Waals surface area contributed by atoms with Crippen molar-refractivity contribution >= 4 is 63.7 Å². The Hall–Kier alpha value is -1.53. The van der Waals surface area contributed by atoms with Gasteiger partial charge in [0.15, 0.2) is 10.9 Å². The summed E-state index contributed by atoms with van der Waals surface area (Å²) in [5.74, 6) is -0.663. The third-order valence-electron chi connectivity index (χ3n) is 2.87. The third kappa shape index (κ3) is 4.48. The van der Waals surface area contributed by atoms with Crippen molar-refractivity contribution in [3.05, 3.63) is 56.5 Å². The molecule has 2 rings (SSSR count). The number of phenolic OH excluding ortho intramolecular Hbond substituents is 1. The SMILES string of the molecule is Cc1ccc(C(=O)NC(=S)Nc2cc(Cl)c(O)c(Cl)c2)c(Cl)c1. The van der Waals surface area contributed by atoms with E-state index >= 15 is 0 Å². The first-order valence-electron chi connectivity index (χ1n) is 6.34. The van der Waals surface area contributed by atoms with E-state index in [-0.39, 0.29) is 20.9 Å². The summed E-state index contributed by atoms with van der Waals surface area (Å²) in [5.41, 5.74) is 1.68. The maximum atomic E-state index is 12.2. The molecule has 0 aromatic heterocycles. The predicted octanol–water partition coefficient (Wildman–Crippen LogP) is 4.79. The van der Waals surface area contributed by atoms with Crippen LogP contribution < -0.4 is 10.6 Å². The number of aryl methyl sites for hydroxylation is 1. The van der Waals surface area contributed by atoms with Gasteiger partial charge in [-0.25, -0.2) is 0 Å². The van der Waals surface area contributed by atoms with Crippen LogP contribution in [0.5, 0.6) is 5.75 Å². The first-order chi connectivity index (χ1) is 10.8. The van der Waals surface area contributed by atoms with Gasteiger partial charge in [-0.15, -0.1) is 0 Å². The van der Waals surface area contributed by atoms with Crippen LogP contribution in [0.3, 0.4) is 0 Å². The van der Waals surface area contributed by atoms with E-state index in [2.05, 4.69) is 10.6 Å². The van der Waals surface area contributed by atoms with E-state index in [1.54, 1.807) is 18.2 Å². The van der Waals surface area contributed by atoms with Crippen LogP contribution in [-0.2, 0) is 0 Å². The predicted molar refractivity (Wildman–Crippen MR) is 98.0 cm³/mol. The number of benzene rings is 2. The summed E-state index contributed by atoms with van der Waals surface area (Å²) in [6.07, 6.45) is 0. The standard InChI is InChI=1S/C15H11Cl3N2O2S/c1-7-2-3-9(10(16)4-7)14(22)20-15(23)19-8-5-11(17)13(21)12(18)6-8/h2-6,21H,1H3,(H2,19,20,22,23). The second-order valence-electron chi connectivity index (χ2n) is 4.68. The van der Waals surface area contributed by atoms with Gasteiger partial charge < -0.3 is 10.4 Å². The van der Waals surface area contributed by atoms with Gasteiger partial charge in [-0.3, -0.25) is 10.1 Å². The number of carbonyl (C=O) groups excluding carboxylic acids is 1. The Bertz CT molecular complexity index is 773. The number of hydrogen-bond donors (Lipinski definition) is 3. The lowest BCUT2D eigenvalue weighted by Crippen LogP contribution is -2.34. The van der Waals surface area contributed by atoms with E-state index in [0.717, 1.165) is 5.56 Å². The van der Waals surface area contributed by atoms with E-state index in [1.165, 1.54) is 12.1 Å². The molecular weight excluding hydrogens is 379 g/mol. The maximum Gasteiger partial charge on any atom is 0.258 e. The van der Waals surface area contributed by atoms with Crippen molar-refractivity contribution in [2.45, 2.75) is 6.92 Å². The summed E-state index contributed by atoms with van der Waals surface area (Å²) in [6, 6.07) is 7.94. The van der Waals surface area contributed by atoms with Crippen molar-refractivity contribution in [1.29, 1.82) is 0 Å². The van der Waals surface area contributed by atoms with Gasteiger partial charge in [-0.05, 0) is 49.0 Å². The van der Waals surface area contributed by atoms with Crippen molar-refractivity contribution in [3.8, 4) is 5.75 Å². The van der Waals surface area contributed by atoms with Crippen LogP contribution >= 0.6 is 47.0 Å². The number of nitrogens with one attached hydrogen (secondary N) is 2. The fourth-order valence-corrected chi connectivity index (χ4v) is 2.79. The molecule has 1 amide bonds. The largest absolute Gasteiger partial charge is 0.505 e. The Morgan fingerprint density at radius 2 is 1.70 bits per heavy atom. The second kappa shape index (κ2) is 7.36. The monoisotopic (exact) mass is 388 g/mol. The average Bonchev–Trinajstić information content (AvgIpc) is 2.44. The quantitative estimate of drug-likeness (QED) is 0.510. The summed E-state index contributed by atoms with van der Waals surface area (Å²) >= 11 is 22.7. The van der Waals surface area contributed by atoms with E-state index in [4.69, 9.17) is 47.0 Å². The van der Waals surface area contributed by atoms with Gasteiger partial charge in [-0.2, -0.15) is 0 Å². The lowest BCUT2D eigenvalue weighted by atomic mass is 10.1. The fraction of sp³-hybridized carbons (Fsp3) is 0.0667. The number of hydrogen-bond acceptors (Lipinski definition) is 3. The van der Waals surface area contributed by atoms with Crippen molar-refractivity contribution in [2.75, 3.05) is 5.32 Å². The van der Waals surface area contributed by atoms with E-state index < -0.39 is 5.91 Å². The number of aromatic hydroxyl groups is 1. The van der Waals surface area contributed by atoms with Crippen molar-refractivity contribution in [1.82, 2.24) is 5.32 Å². The van der Waals surface area contributed by atoms with Crippen LogP contribution in [0.25, 0.3) is 0 Å². The zero-order valence-corrected chi connectivity index (χ0v) is 14.9. The molecule has 0 bridgehead atoms. The van der Waals surface area contributed by atoms with E-state index in [1.807, 2.05) is 6.92 Å². The Morgan fingerprint density at radius 1 is 1.09 bits per heavy atom. The molecule has 0 saturated heterocycles. The van der Waals surface area contributed by atoms with Crippen molar-refractivity contribution in [2.24, 2.45) is 0 Å². The Morgan fingerprint density at radius 3 is 2.26 bits per heavy atom. The highest BCUT2D eigenvalue weighted by Gasteiger charge is 2.13. The molecule has 0 aliphatic rings. The van der Waals surface area contributed by atoms with Gasteiger partial charge in [0.2, 0.25) is 0 Å². The second-order valence-corrected chi connectivity index (χ2v) is 6.31. The molecule has 0 atom stereocenters. The summed E-state index contributed by atoms with van der Waals surface area (Å²) in [6.45, 7) is 1.87. The molecule has 3 N–H and O–H groups in total. The first kappa shape index (κ1) is 17.8. The zero-order chi connectivity index (χ0) is 17.1. The molecule has 0 radical (unpaired) electrons. The first-order valence-corrected chi connectivity index (χ1v) is 7.88. The van der Waals surface area contributed by atoms with Gasteiger partial charge in [-0.1, -0.05) is 40.9 Å². The van der Waals surface area contributed by atoms with Gasteiger partial charge in [0, 0.05) is 5.69 Å². The van der Waals surface area contributed by atoms with Gasteiger partial charge in [0.05, 0.1) is 20.6 Å². The van der Waals surface area contributed by atoms with Gasteiger partial charge in [0.25, 0.3) is 5.91 Å². The third-order valence-corrected chi connectivity index (χ3v) is 3.96. The molecular formula is C15H11Cl3N2O2S. The van der Waals surface area contributed by atoms with Crippen LogP contribution in [0.1, 0.15) is 15.9 Å². The molecule has 2 aromatic carbocycles. The Kier molecular flexibility index (Phi) is 5.70. The topological polar surface area (TPSA) is 61.4 Å². The summed E-state index contributed by atoms with van der Waals surface area (Å²) < 4.78 is 0. The summed E-state index contributed by atoms with van der Waals surface area (Å²) in [5, 5.41) is 15.3. The molecule has 0 fully saturated rings. The number of thiocarbonyl (C=S) groups is 1. The van der Waals surface area contributed by atoms with Gasteiger partial charge in [0.1, 0.15) is 0 Å². The number of rotatable bonds is 2. The van der Waals surface area contributed by atoms with Crippen molar-refractivity contribution < 1.29 is 9.90 Å². The van der Waals surface area contributed by atoms with Crippen LogP contribution in [0.4, 0.5) is 5.69 Å². The van der Waals surface area contributed by atoms with Crippen LogP contribution in [-0.4, -0.2) is 16.1 Å². The molecule has 0 spiro atoms. The smallest absolute Gasteiger partial charge is 0.258 e. The normalized spacial score (nSPS) is 10.3. The number of anilines is 1. The van der Waals surface area contributed by atoms with Crippen LogP contribution in [0.15, 0.2) is 30.3 Å². The highest BCUT2D eigenvalue weighted by molar-refractivity contribution is 7.80. The van der Waals surface area contributed by atoms with E-state index in [9.17, 15) is 9.90 Å². The molecule has 2 aromatic rings. The number of amides is 1. The van der Waals surface area contributed by atoms with E-state index in [0.29, 0.717) is 16.3 Å². The lowest BCUT2D eigenvalue weighted by Gasteiger charge is -2.12. The van der Waals surface area contributed by atoms with Gasteiger partial charge >= 0.3 is 0 Å². The molecule has 23 heavy (non-hydrogen) atoms. The number of halogens is 3.